The number of hydrogen-bond donors (Lipinski definition) is 2. The van der Waals surface area contributed by atoms with Crippen LogP contribution in [0.5, 0.6) is 5.75 Å². The van der Waals surface area contributed by atoms with Gasteiger partial charge in [0.15, 0.2) is 0 Å². The van der Waals surface area contributed by atoms with Crippen LogP contribution in [0.25, 0.3) is 0 Å². The Bertz CT molecular complexity index is 476. The van der Waals surface area contributed by atoms with Crippen LogP contribution in [-0.4, -0.2) is 32.8 Å². The fourth-order valence-electron chi connectivity index (χ4n) is 1.19. The van der Waals surface area contributed by atoms with E-state index in [4.69, 9.17) is 4.74 Å². The largest absolute Gasteiger partial charge is 0.495 e. The molecule has 0 fully saturated rings. The van der Waals surface area contributed by atoms with Crippen molar-refractivity contribution in [3.63, 3.8) is 0 Å². The zero-order valence-electron chi connectivity index (χ0n) is 10.1. The highest BCUT2D eigenvalue weighted by Crippen LogP contribution is 2.22. The summed E-state index contributed by atoms with van der Waals surface area (Å²) in [6, 6.07) is 6.32. The maximum absolute atomic E-state index is 12.0. The third kappa shape index (κ3) is 3.99. The van der Waals surface area contributed by atoms with E-state index in [0.29, 0.717) is 0 Å². The Morgan fingerprint density at radius 1 is 1.35 bits per heavy atom. The molecule has 0 aromatic heterocycles. The number of methoxy groups -OCH3 is 1. The molecule has 0 heterocycles. The van der Waals surface area contributed by atoms with Gasteiger partial charge in [0.25, 0.3) is 0 Å². The molecule has 0 spiro atoms. The van der Waals surface area contributed by atoms with Crippen molar-refractivity contribution in [3.8, 4) is 5.75 Å². The van der Waals surface area contributed by atoms with Gasteiger partial charge in [-0.2, -0.15) is 0 Å². The van der Waals surface area contributed by atoms with Gasteiger partial charge in [0.1, 0.15) is 10.6 Å². The zero-order chi connectivity index (χ0) is 13.1. The first-order chi connectivity index (χ1) is 7.76. The molecule has 0 aliphatic rings. The van der Waals surface area contributed by atoms with Crippen LogP contribution in [0.4, 0.5) is 0 Å². The first-order valence-electron chi connectivity index (χ1n) is 5.11. The van der Waals surface area contributed by atoms with E-state index in [1.807, 2.05) is 0 Å². The monoisotopic (exact) mass is 259 g/mol. The van der Waals surface area contributed by atoms with Crippen LogP contribution in [0.3, 0.4) is 0 Å². The molecule has 0 unspecified atom stereocenters. The van der Waals surface area contributed by atoms with E-state index in [2.05, 4.69) is 4.72 Å². The van der Waals surface area contributed by atoms with E-state index in [9.17, 15) is 13.5 Å². The van der Waals surface area contributed by atoms with E-state index < -0.39 is 15.6 Å². The molecule has 2 N–H and O–H groups in total. The predicted molar refractivity (Wildman–Crippen MR) is 64.5 cm³/mol. The normalized spacial score (nSPS) is 12.5. The molecule has 0 saturated heterocycles. The minimum absolute atomic E-state index is 0.0618. The van der Waals surface area contributed by atoms with Gasteiger partial charge in [0.05, 0.1) is 12.7 Å². The maximum Gasteiger partial charge on any atom is 0.244 e. The van der Waals surface area contributed by atoms with Crippen molar-refractivity contribution < 1.29 is 18.3 Å². The second-order valence-corrected chi connectivity index (χ2v) is 6.02. The minimum Gasteiger partial charge on any atom is -0.495 e. The standard InChI is InChI=1S/C11H17NO4S/c1-11(2,13)8-12-17(14,15)10-7-5-4-6-9(10)16-3/h4-7,12-13H,8H2,1-3H3. The summed E-state index contributed by atoms with van der Waals surface area (Å²) in [5, 5.41) is 9.50. The van der Waals surface area contributed by atoms with Crippen molar-refractivity contribution in [2.24, 2.45) is 0 Å². The number of benzene rings is 1. The summed E-state index contributed by atoms with van der Waals surface area (Å²) in [6.45, 7) is 2.99. The van der Waals surface area contributed by atoms with Gasteiger partial charge in [0, 0.05) is 6.54 Å². The van der Waals surface area contributed by atoms with Crippen molar-refractivity contribution in [1.29, 1.82) is 0 Å². The van der Waals surface area contributed by atoms with E-state index >= 15 is 0 Å². The lowest BCUT2D eigenvalue weighted by atomic mass is 10.1. The van der Waals surface area contributed by atoms with E-state index in [1.165, 1.54) is 27.0 Å². The van der Waals surface area contributed by atoms with Crippen LogP contribution in [-0.2, 0) is 10.0 Å². The molecule has 96 valence electrons. The molecule has 0 aliphatic carbocycles. The first-order valence-corrected chi connectivity index (χ1v) is 6.60. The number of rotatable bonds is 5. The zero-order valence-corrected chi connectivity index (χ0v) is 10.9. The fourth-order valence-corrected chi connectivity index (χ4v) is 2.56. The van der Waals surface area contributed by atoms with Crippen molar-refractivity contribution in [2.45, 2.75) is 24.3 Å². The lowest BCUT2D eigenvalue weighted by molar-refractivity contribution is 0.0857. The van der Waals surface area contributed by atoms with Gasteiger partial charge in [-0.1, -0.05) is 12.1 Å². The second-order valence-electron chi connectivity index (χ2n) is 4.29. The number of hydrogen-bond acceptors (Lipinski definition) is 4. The average Bonchev–Trinajstić information content (AvgIpc) is 2.26. The highest BCUT2D eigenvalue weighted by Gasteiger charge is 2.22. The Labute approximate surface area is 101 Å². The lowest BCUT2D eigenvalue weighted by Gasteiger charge is -2.18. The molecule has 6 heteroatoms. The van der Waals surface area contributed by atoms with Crippen LogP contribution in [0.2, 0.25) is 0 Å². The Kier molecular flexibility index (Phi) is 4.13. The topological polar surface area (TPSA) is 75.6 Å². The summed E-state index contributed by atoms with van der Waals surface area (Å²) in [7, 11) is -2.26. The number of para-hydroxylation sites is 1. The second kappa shape index (κ2) is 5.03. The summed E-state index contributed by atoms with van der Waals surface area (Å²) in [4.78, 5) is 0.0618. The molecule has 0 saturated carbocycles. The van der Waals surface area contributed by atoms with E-state index in [-0.39, 0.29) is 17.2 Å². The van der Waals surface area contributed by atoms with Crippen molar-refractivity contribution in [1.82, 2.24) is 4.72 Å². The molecule has 1 rings (SSSR count). The van der Waals surface area contributed by atoms with Gasteiger partial charge in [-0.25, -0.2) is 13.1 Å². The van der Waals surface area contributed by atoms with Gasteiger partial charge in [-0.3, -0.25) is 0 Å². The first kappa shape index (κ1) is 14.0. The van der Waals surface area contributed by atoms with Crippen LogP contribution >= 0.6 is 0 Å². The smallest absolute Gasteiger partial charge is 0.244 e. The van der Waals surface area contributed by atoms with Crippen molar-refractivity contribution in [2.75, 3.05) is 13.7 Å². The summed E-state index contributed by atoms with van der Waals surface area (Å²) in [5.41, 5.74) is -1.10. The van der Waals surface area contributed by atoms with E-state index in [1.54, 1.807) is 18.2 Å². The average molecular weight is 259 g/mol. The molecule has 1 aromatic rings. The van der Waals surface area contributed by atoms with Crippen LogP contribution in [0, 0.1) is 0 Å². The van der Waals surface area contributed by atoms with Crippen LogP contribution < -0.4 is 9.46 Å². The Morgan fingerprint density at radius 2 is 1.94 bits per heavy atom. The number of aliphatic hydroxyl groups is 1. The van der Waals surface area contributed by atoms with Gasteiger partial charge >= 0.3 is 0 Å². The van der Waals surface area contributed by atoms with Crippen LogP contribution in [0.15, 0.2) is 29.2 Å². The van der Waals surface area contributed by atoms with Crippen molar-refractivity contribution in [3.05, 3.63) is 24.3 Å². The molecular weight excluding hydrogens is 242 g/mol. The third-order valence-electron chi connectivity index (χ3n) is 2.05. The van der Waals surface area contributed by atoms with E-state index in [0.717, 1.165) is 0 Å². The SMILES string of the molecule is COc1ccccc1S(=O)(=O)NCC(C)(C)O. The fraction of sp³-hybridized carbons (Fsp3) is 0.455. The number of sulfonamides is 1. The number of ether oxygens (including phenoxy) is 1. The van der Waals surface area contributed by atoms with Gasteiger partial charge in [0.2, 0.25) is 10.0 Å². The van der Waals surface area contributed by atoms with Gasteiger partial charge in [-0.15, -0.1) is 0 Å². The summed E-state index contributed by atoms with van der Waals surface area (Å²) < 4.78 is 31.2. The lowest BCUT2D eigenvalue weighted by Crippen LogP contribution is -2.38. The minimum atomic E-state index is -3.67. The maximum atomic E-state index is 12.0. The quantitative estimate of drug-likeness (QED) is 0.818. The molecule has 0 atom stereocenters. The predicted octanol–water partition coefficient (Wildman–Crippen LogP) is 0.744. The van der Waals surface area contributed by atoms with Crippen LogP contribution in [0.1, 0.15) is 13.8 Å². The molecule has 0 radical (unpaired) electrons. The van der Waals surface area contributed by atoms with Gasteiger partial charge in [-0.05, 0) is 26.0 Å². The molecule has 17 heavy (non-hydrogen) atoms. The summed E-state index contributed by atoms with van der Waals surface area (Å²) in [6.07, 6.45) is 0. The van der Waals surface area contributed by atoms with Gasteiger partial charge < -0.3 is 9.84 Å². The molecule has 5 nitrogen and oxygen atoms in total. The molecule has 1 aromatic carbocycles. The molecular formula is C11H17NO4S. The van der Waals surface area contributed by atoms with Crippen molar-refractivity contribution >= 4 is 10.0 Å². The third-order valence-corrected chi connectivity index (χ3v) is 3.49. The molecule has 0 amide bonds. The highest BCUT2D eigenvalue weighted by molar-refractivity contribution is 7.89. The summed E-state index contributed by atoms with van der Waals surface area (Å²) in [5.74, 6) is 0.274. The Hall–Kier alpha value is -1.11. The molecule has 0 aliphatic heterocycles. The number of nitrogens with one attached hydrogen (secondary N) is 1. The highest BCUT2D eigenvalue weighted by atomic mass is 32.2. The Balaban J connectivity index is 2.98. The summed E-state index contributed by atoms with van der Waals surface area (Å²) >= 11 is 0. The Morgan fingerprint density at radius 3 is 2.47 bits per heavy atom. The molecule has 0 bridgehead atoms.